The first-order chi connectivity index (χ1) is 9.81. The third-order valence-electron chi connectivity index (χ3n) is 2.55. The Bertz CT molecular complexity index is 556. The molecule has 1 aromatic carbocycles. The van der Waals surface area contributed by atoms with Crippen LogP contribution in [0, 0.1) is 5.82 Å². The monoisotopic (exact) mass is 319 g/mol. The van der Waals surface area contributed by atoms with Crippen LogP contribution in [0.3, 0.4) is 0 Å². The molecule has 0 heterocycles. The lowest BCUT2D eigenvalue weighted by Crippen LogP contribution is -2.27. The number of ether oxygens (including phenoxy) is 2. The molecule has 0 radical (unpaired) electrons. The van der Waals surface area contributed by atoms with Gasteiger partial charge in [-0.2, -0.15) is 0 Å². The molecule has 0 N–H and O–H groups in total. The van der Waals surface area contributed by atoms with Crippen LogP contribution >= 0.6 is 0 Å². The van der Waals surface area contributed by atoms with Gasteiger partial charge in [0.15, 0.2) is 0 Å². The Morgan fingerprint density at radius 2 is 1.81 bits per heavy atom. The van der Waals surface area contributed by atoms with Gasteiger partial charge in [-0.3, -0.25) is 4.79 Å². The molecule has 0 saturated carbocycles. The molecule has 0 atom stereocenters. The molecule has 0 aliphatic carbocycles. The van der Waals surface area contributed by atoms with Gasteiger partial charge in [-0.1, -0.05) is 0 Å². The number of carbonyl (C=O) groups excluding carboxylic acids is 1. The van der Waals surface area contributed by atoms with Crippen LogP contribution in [-0.4, -0.2) is 51.8 Å². The van der Waals surface area contributed by atoms with Crippen LogP contribution in [0.25, 0.3) is 0 Å². The van der Waals surface area contributed by atoms with Crippen molar-refractivity contribution in [3.8, 4) is 5.75 Å². The number of halogens is 1. The van der Waals surface area contributed by atoms with Gasteiger partial charge in [-0.25, -0.2) is 17.1 Å². The molecule has 0 bridgehead atoms. The van der Waals surface area contributed by atoms with Crippen molar-refractivity contribution in [2.75, 3.05) is 33.1 Å². The first kappa shape index (κ1) is 17.4. The average Bonchev–Trinajstić information content (AvgIpc) is 2.43. The van der Waals surface area contributed by atoms with E-state index in [1.165, 1.54) is 38.4 Å². The van der Waals surface area contributed by atoms with E-state index in [0.29, 0.717) is 5.75 Å². The van der Waals surface area contributed by atoms with E-state index in [-0.39, 0.29) is 31.2 Å². The summed E-state index contributed by atoms with van der Waals surface area (Å²) in [4.78, 5) is 11.4. The molecule has 0 aliphatic rings. The Balaban J connectivity index is 2.21. The zero-order valence-corrected chi connectivity index (χ0v) is 12.7. The number of esters is 1. The lowest BCUT2D eigenvalue weighted by molar-refractivity contribution is -0.143. The summed E-state index contributed by atoms with van der Waals surface area (Å²) in [5.74, 6) is -0.806. The second kappa shape index (κ2) is 7.94. The van der Waals surface area contributed by atoms with Crippen LogP contribution in [0.15, 0.2) is 24.3 Å². The van der Waals surface area contributed by atoms with Gasteiger partial charge in [0.25, 0.3) is 0 Å². The van der Waals surface area contributed by atoms with Gasteiger partial charge in [0.1, 0.15) is 24.8 Å². The third-order valence-corrected chi connectivity index (χ3v) is 4.38. The highest BCUT2D eigenvalue weighted by atomic mass is 32.2. The van der Waals surface area contributed by atoms with Crippen LogP contribution in [0.2, 0.25) is 0 Å². The summed E-state index contributed by atoms with van der Waals surface area (Å²) in [5, 5.41) is 0. The summed E-state index contributed by atoms with van der Waals surface area (Å²) in [6, 6.07) is 5.43. The summed E-state index contributed by atoms with van der Waals surface area (Å²) >= 11 is 0. The minimum Gasteiger partial charge on any atom is -0.490 e. The summed E-state index contributed by atoms with van der Waals surface area (Å²) in [6.45, 7) is 0.107. The smallest absolute Gasteiger partial charge is 0.306 e. The lowest BCUT2D eigenvalue weighted by atomic mass is 10.3. The minimum absolute atomic E-state index is 0.00176. The highest BCUT2D eigenvalue weighted by Gasteiger charge is 2.16. The number of hydrogen-bond donors (Lipinski definition) is 0. The van der Waals surface area contributed by atoms with Crippen molar-refractivity contribution >= 4 is 16.0 Å². The molecule has 1 rings (SSSR count). The molecule has 21 heavy (non-hydrogen) atoms. The normalized spacial score (nSPS) is 11.4. The molecular formula is C13H18FNO5S. The van der Waals surface area contributed by atoms with E-state index in [2.05, 4.69) is 0 Å². The zero-order chi connectivity index (χ0) is 15.9. The first-order valence-electron chi connectivity index (χ1n) is 6.25. The Labute approximate surface area is 123 Å². The maximum absolute atomic E-state index is 12.6. The topological polar surface area (TPSA) is 72.9 Å². The van der Waals surface area contributed by atoms with Crippen LogP contribution < -0.4 is 4.74 Å². The number of benzene rings is 1. The summed E-state index contributed by atoms with van der Waals surface area (Å²) < 4.78 is 46.6. The summed E-state index contributed by atoms with van der Waals surface area (Å²) in [6.07, 6.45) is -0.211. The standard InChI is InChI=1S/C13H18FNO5S/c1-15(2)21(17,18)10-7-13(16)20-9-8-19-12-5-3-11(14)4-6-12/h3-6H,7-10H2,1-2H3. The molecule has 0 aromatic heterocycles. The van der Waals surface area contributed by atoms with Crippen molar-refractivity contribution in [3.05, 3.63) is 30.1 Å². The van der Waals surface area contributed by atoms with Crippen molar-refractivity contribution in [2.45, 2.75) is 6.42 Å². The van der Waals surface area contributed by atoms with Gasteiger partial charge in [-0.15, -0.1) is 0 Å². The molecule has 1 aromatic rings. The fourth-order valence-corrected chi connectivity index (χ4v) is 2.10. The van der Waals surface area contributed by atoms with Crippen LogP contribution in [0.1, 0.15) is 6.42 Å². The maximum Gasteiger partial charge on any atom is 0.306 e. The zero-order valence-electron chi connectivity index (χ0n) is 11.9. The number of hydrogen-bond acceptors (Lipinski definition) is 5. The molecule has 118 valence electrons. The predicted molar refractivity (Wildman–Crippen MR) is 74.9 cm³/mol. The number of rotatable bonds is 8. The first-order valence-corrected chi connectivity index (χ1v) is 7.86. The van der Waals surface area contributed by atoms with Crippen molar-refractivity contribution in [1.82, 2.24) is 4.31 Å². The Morgan fingerprint density at radius 3 is 2.38 bits per heavy atom. The van der Waals surface area contributed by atoms with E-state index in [1.54, 1.807) is 0 Å². The van der Waals surface area contributed by atoms with E-state index in [9.17, 15) is 17.6 Å². The second-order valence-electron chi connectivity index (χ2n) is 4.37. The Morgan fingerprint density at radius 1 is 1.19 bits per heavy atom. The van der Waals surface area contributed by atoms with Gasteiger partial charge in [0.05, 0.1) is 12.2 Å². The second-order valence-corrected chi connectivity index (χ2v) is 6.67. The van der Waals surface area contributed by atoms with Crippen LogP contribution in [-0.2, 0) is 19.6 Å². The van der Waals surface area contributed by atoms with Gasteiger partial charge in [-0.05, 0) is 24.3 Å². The highest BCUT2D eigenvalue weighted by Crippen LogP contribution is 2.10. The quantitative estimate of drug-likeness (QED) is 0.528. The average molecular weight is 319 g/mol. The molecule has 0 fully saturated rings. The Kier molecular flexibility index (Phi) is 6.57. The third kappa shape index (κ3) is 6.54. The fraction of sp³-hybridized carbons (Fsp3) is 0.462. The molecule has 6 nitrogen and oxygen atoms in total. The molecule has 0 spiro atoms. The van der Waals surface area contributed by atoms with E-state index in [0.717, 1.165) is 4.31 Å². The number of nitrogens with zero attached hydrogens (tertiary/aromatic N) is 1. The van der Waals surface area contributed by atoms with E-state index in [4.69, 9.17) is 9.47 Å². The van der Waals surface area contributed by atoms with Gasteiger partial charge in [0, 0.05) is 14.1 Å². The number of carbonyl (C=O) groups is 1. The maximum atomic E-state index is 12.6. The van der Waals surface area contributed by atoms with E-state index in [1.807, 2.05) is 0 Å². The van der Waals surface area contributed by atoms with Crippen molar-refractivity contribution in [1.29, 1.82) is 0 Å². The van der Waals surface area contributed by atoms with Crippen LogP contribution in [0.5, 0.6) is 5.75 Å². The SMILES string of the molecule is CN(C)S(=O)(=O)CCC(=O)OCCOc1ccc(F)cc1. The van der Waals surface area contributed by atoms with Gasteiger partial charge < -0.3 is 9.47 Å². The Hall–Kier alpha value is -1.67. The van der Waals surface area contributed by atoms with Crippen molar-refractivity contribution in [2.24, 2.45) is 0 Å². The van der Waals surface area contributed by atoms with Gasteiger partial charge in [0.2, 0.25) is 10.0 Å². The minimum atomic E-state index is -3.41. The molecule has 0 saturated heterocycles. The summed E-state index contributed by atoms with van der Waals surface area (Å²) in [5.41, 5.74) is 0. The molecular weight excluding hydrogens is 301 g/mol. The molecule has 0 aliphatic heterocycles. The largest absolute Gasteiger partial charge is 0.490 e. The molecule has 0 unspecified atom stereocenters. The van der Waals surface area contributed by atoms with E-state index >= 15 is 0 Å². The molecule has 0 amide bonds. The van der Waals surface area contributed by atoms with Crippen LogP contribution in [0.4, 0.5) is 4.39 Å². The van der Waals surface area contributed by atoms with Gasteiger partial charge >= 0.3 is 5.97 Å². The summed E-state index contributed by atoms with van der Waals surface area (Å²) in [7, 11) is -0.605. The van der Waals surface area contributed by atoms with Crippen molar-refractivity contribution < 1.29 is 27.1 Å². The lowest BCUT2D eigenvalue weighted by Gasteiger charge is -2.11. The van der Waals surface area contributed by atoms with E-state index < -0.39 is 16.0 Å². The molecule has 8 heteroatoms. The number of sulfonamides is 1. The predicted octanol–water partition coefficient (Wildman–Crippen LogP) is 1.03. The van der Waals surface area contributed by atoms with Crippen molar-refractivity contribution in [3.63, 3.8) is 0 Å². The fourth-order valence-electron chi connectivity index (χ4n) is 1.31. The highest BCUT2D eigenvalue weighted by molar-refractivity contribution is 7.89.